The van der Waals surface area contributed by atoms with Crippen LogP contribution in [0.2, 0.25) is 0 Å². The molecule has 0 bridgehead atoms. The Labute approximate surface area is 186 Å². The van der Waals surface area contributed by atoms with Crippen molar-refractivity contribution in [1.82, 2.24) is 14.8 Å². The van der Waals surface area contributed by atoms with Crippen molar-refractivity contribution in [3.05, 3.63) is 65.0 Å². The minimum Gasteiger partial charge on any atom is -0.325 e. The van der Waals surface area contributed by atoms with Crippen LogP contribution in [0.5, 0.6) is 0 Å². The molecule has 0 radical (unpaired) electrons. The zero-order valence-corrected chi connectivity index (χ0v) is 19.0. The van der Waals surface area contributed by atoms with E-state index in [1.54, 1.807) is 0 Å². The number of hydrogen-bond acceptors (Lipinski definition) is 5. The Morgan fingerprint density at radius 1 is 0.935 bits per heavy atom. The lowest BCUT2D eigenvalue weighted by Crippen LogP contribution is -2.18. The van der Waals surface area contributed by atoms with Gasteiger partial charge in [-0.15, -0.1) is 10.2 Å². The maximum atomic E-state index is 12.5. The van der Waals surface area contributed by atoms with Crippen molar-refractivity contribution in [3.63, 3.8) is 0 Å². The smallest absolute Gasteiger partial charge is 0.234 e. The second-order valence-corrected chi connectivity index (χ2v) is 8.28. The highest BCUT2D eigenvalue weighted by atomic mass is 32.2. The van der Waals surface area contributed by atoms with Crippen molar-refractivity contribution in [1.29, 1.82) is 0 Å². The van der Waals surface area contributed by atoms with E-state index in [-0.39, 0.29) is 24.0 Å². The summed E-state index contributed by atoms with van der Waals surface area (Å²) in [6.07, 6.45) is 0.115. The van der Waals surface area contributed by atoms with Gasteiger partial charge in [0.05, 0.1) is 12.2 Å². The minimum atomic E-state index is -0.152. The molecular formula is C23H27N5O2S. The SMILES string of the molecule is CCn1c(CC(=O)Nc2ccccc2C)nnc1SCC(=O)Nc1cc(C)ccc1C. The van der Waals surface area contributed by atoms with Crippen LogP contribution in [0.1, 0.15) is 29.4 Å². The molecule has 0 spiro atoms. The first-order valence-electron chi connectivity index (χ1n) is 10.1. The van der Waals surface area contributed by atoms with Crippen LogP contribution < -0.4 is 10.6 Å². The highest BCUT2D eigenvalue weighted by molar-refractivity contribution is 7.99. The number of carbonyl (C=O) groups is 2. The molecule has 7 nitrogen and oxygen atoms in total. The van der Waals surface area contributed by atoms with E-state index in [4.69, 9.17) is 0 Å². The van der Waals surface area contributed by atoms with E-state index in [0.717, 1.165) is 28.1 Å². The summed E-state index contributed by atoms with van der Waals surface area (Å²) in [4.78, 5) is 24.9. The lowest BCUT2D eigenvalue weighted by Gasteiger charge is -2.10. The molecule has 0 aliphatic rings. The number of benzene rings is 2. The molecule has 0 saturated heterocycles. The predicted molar refractivity (Wildman–Crippen MR) is 124 cm³/mol. The van der Waals surface area contributed by atoms with Gasteiger partial charge in [-0.2, -0.15) is 0 Å². The fourth-order valence-electron chi connectivity index (χ4n) is 3.11. The predicted octanol–water partition coefficient (Wildman–Crippen LogP) is 4.14. The van der Waals surface area contributed by atoms with Gasteiger partial charge in [0.2, 0.25) is 11.8 Å². The number of amides is 2. The van der Waals surface area contributed by atoms with E-state index >= 15 is 0 Å². The zero-order chi connectivity index (χ0) is 22.4. The van der Waals surface area contributed by atoms with Gasteiger partial charge < -0.3 is 15.2 Å². The van der Waals surface area contributed by atoms with Gasteiger partial charge in [-0.05, 0) is 56.5 Å². The molecule has 31 heavy (non-hydrogen) atoms. The molecule has 0 aliphatic carbocycles. The Hall–Kier alpha value is -3.13. The second kappa shape index (κ2) is 10.3. The van der Waals surface area contributed by atoms with Gasteiger partial charge in [0, 0.05) is 17.9 Å². The summed E-state index contributed by atoms with van der Waals surface area (Å²) in [5.41, 5.74) is 4.71. The molecule has 0 unspecified atom stereocenters. The largest absolute Gasteiger partial charge is 0.325 e. The molecule has 2 amide bonds. The van der Waals surface area contributed by atoms with Crippen LogP contribution in [-0.2, 0) is 22.6 Å². The highest BCUT2D eigenvalue weighted by Crippen LogP contribution is 2.20. The zero-order valence-electron chi connectivity index (χ0n) is 18.2. The van der Waals surface area contributed by atoms with E-state index < -0.39 is 0 Å². The first-order chi connectivity index (χ1) is 14.9. The van der Waals surface area contributed by atoms with Crippen LogP contribution in [-0.4, -0.2) is 32.3 Å². The summed E-state index contributed by atoms with van der Waals surface area (Å²) in [5.74, 6) is 0.524. The van der Waals surface area contributed by atoms with Gasteiger partial charge in [-0.3, -0.25) is 9.59 Å². The monoisotopic (exact) mass is 437 g/mol. The number of nitrogens with zero attached hydrogens (tertiary/aromatic N) is 3. The summed E-state index contributed by atoms with van der Waals surface area (Å²) < 4.78 is 1.87. The molecule has 162 valence electrons. The molecule has 1 aromatic heterocycles. The molecule has 2 aromatic carbocycles. The molecular weight excluding hydrogens is 410 g/mol. The maximum absolute atomic E-state index is 12.5. The molecule has 0 saturated carbocycles. The normalized spacial score (nSPS) is 10.7. The van der Waals surface area contributed by atoms with Crippen LogP contribution in [0, 0.1) is 20.8 Å². The number of anilines is 2. The summed E-state index contributed by atoms with van der Waals surface area (Å²) in [6.45, 7) is 8.48. The Kier molecular flexibility index (Phi) is 7.46. The van der Waals surface area contributed by atoms with E-state index in [9.17, 15) is 9.59 Å². The molecule has 0 fully saturated rings. The first kappa shape index (κ1) is 22.6. The van der Waals surface area contributed by atoms with Gasteiger partial charge in [0.1, 0.15) is 5.82 Å². The number of aromatic nitrogens is 3. The van der Waals surface area contributed by atoms with Crippen molar-refractivity contribution < 1.29 is 9.59 Å². The molecule has 2 N–H and O–H groups in total. The van der Waals surface area contributed by atoms with E-state index in [1.165, 1.54) is 11.8 Å². The molecule has 0 atom stereocenters. The van der Waals surface area contributed by atoms with Crippen molar-refractivity contribution in [2.75, 3.05) is 16.4 Å². The van der Waals surface area contributed by atoms with Gasteiger partial charge in [0.15, 0.2) is 5.16 Å². The Bertz CT molecular complexity index is 1090. The van der Waals surface area contributed by atoms with E-state index in [2.05, 4.69) is 20.8 Å². The topological polar surface area (TPSA) is 88.9 Å². The number of thioether (sulfide) groups is 1. The lowest BCUT2D eigenvalue weighted by molar-refractivity contribution is -0.116. The molecule has 3 rings (SSSR count). The van der Waals surface area contributed by atoms with Crippen molar-refractivity contribution >= 4 is 35.0 Å². The van der Waals surface area contributed by atoms with Crippen molar-refractivity contribution in [2.45, 2.75) is 45.8 Å². The Morgan fingerprint density at radius 3 is 2.39 bits per heavy atom. The number of para-hydroxylation sites is 1. The summed E-state index contributed by atoms with van der Waals surface area (Å²) in [6, 6.07) is 13.6. The third kappa shape index (κ3) is 5.95. The summed E-state index contributed by atoms with van der Waals surface area (Å²) in [5, 5.41) is 14.9. The second-order valence-electron chi connectivity index (χ2n) is 7.34. The van der Waals surface area contributed by atoms with Gasteiger partial charge in [-0.25, -0.2) is 0 Å². The van der Waals surface area contributed by atoms with Crippen LogP contribution >= 0.6 is 11.8 Å². The van der Waals surface area contributed by atoms with Crippen LogP contribution in [0.4, 0.5) is 11.4 Å². The quantitative estimate of drug-likeness (QED) is 0.517. The standard InChI is InChI=1S/C23H27N5O2S/c1-5-28-20(13-21(29)24-18-9-7-6-8-16(18)3)26-27-23(28)31-14-22(30)25-19-12-15(2)10-11-17(19)4/h6-12H,5,13-14H2,1-4H3,(H,24,29)(H,25,30). The number of hydrogen-bond donors (Lipinski definition) is 2. The number of rotatable bonds is 8. The number of carbonyl (C=O) groups excluding carboxylic acids is 2. The summed E-state index contributed by atoms with van der Waals surface area (Å²) in [7, 11) is 0. The molecule has 1 heterocycles. The van der Waals surface area contributed by atoms with Gasteiger partial charge in [0.25, 0.3) is 0 Å². The maximum Gasteiger partial charge on any atom is 0.234 e. The lowest BCUT2D eigenvalue weighted by atomic mass is 10.1. The fraction of sp³-hybridized carbons (Fsp3) is 0.304. The fourth-order valence-corrected chi connectivity index (χ4v) is 3.93. The molecule has 3 aromatic rings. The van der Waals surface area contributed by atoms with Crippen LogP contribution in [0.15, 0.2) is 47.6 Å². The number of aryl methyl sites for hydroxylation is 3. The average Bonchev–Trinajstić information content (AvgIpc) is 3.12. The minimum absolute atomic E-state index is 0.108. The van der Waals surface area contributed by atoms with E-state index in [0.29, 0.717) is 17.5 Å². The van der Waals surface area contributed by atoms with Crippen LogP contribution in [0.25, 0.3) is 0 Å². The third-order valence-corrected chi connectivity index (χ3v) is 5.81. The average molecular weight is 438 g/mol. The number of nitrogens with one attached hydrogen (secondary N) is 2. The van der Waals surface area contributed by atoms with E-state index in [1.807, 2.05) is 74.7 Å². The van der Waals surface area contributed by atoms with Gasteiger partial charge in [-0.1, -0.05) is 42.1 Å². The summed E-state index contributed by atoms with van der Waals surface area (Å²) >= 11 is 1.31. The van der Waals surface area contributed by atoms with Gasteiger partial charge >= 0.3 is 0 Å². The third-order valence-electron chi connectivity index (χ3n) is 4.85. The molecule has 8 heteroatoms. The highest BCUT2D eigenvalue weighted by Gasteiger charge is 2.16. The van der Waals surface area contributed by atoms with Crippen molar-refractivity contribution in [3.8, 4) is 0 Å². The Balaban J connectivity index is 1.60. The Morgan fingerprint density at radius 2 is 1.65 bits per heavy atom. The first-order valence-corrected chi connectivity index (χ1v) is 11.1. The van der Waals surface area contributed by atoms with Crippen LogP contribution in [0.3, 0.4) is 0 Å². The molecule has 0 aliphatic heterocycles. The van der Waals surface area contributed by atoms with Crippen molar-refractivity contribution in [2.24, 2.45) is 0 Å².